The van der Waals surface area contributed by atoms with Crippen molar-refractivity contribution in [2.45, 2.75) is 5.38 Å². The molecule has 0 heterocycles. The van der Waals surface area contributed by atoms with E-state index in [0.29, 0.717) is 14.5 Å². The average molecular weight is 368 g/mol. The van der Waals surface area contributed by atoms with Crippen LogP contribution in [0.5, 0.6) is 0 Å². The molecule has 5 heteroatoms. The van der Waals surface area contributed by atoms with Crippen molar-refractivity contribution in [3.05, 3.63) is 67.9 Å². The minimum atomic E-state index is -0.452. The lowest BCUT2D eigenvalue weighted by atomic mass is 10.0. The Hall–Kier alpha value is -0.280. The lowest BCUT2D eigenvalue weighted by Gasteiger charge is -2.13. The van der Waals surface area contributed by atoms with Crippen LogP contribution in [0.4, 0.5) is 4.39 Å². The van der Waals surface area contributed by atoms with Crippen molar-refractivity contribution >= 4 is 50.7 Å². The molecule has 1 unspecified atom stereocenters. The van der Waals surface area contributed by atoms with E-state index in [-0.39, 0.29) is 5.82 Å². The number of hydrogen-bond acceptors (Lipinski definition) is 0. The molecule has 0 aliphatic heterocycles. The molecule has 0 spiro atoms. The first-order valence-corrected chi connectivity index (χ1v) is 7.01. The van der Waals surface area contributed by atoms with Crippen molar-refractivity contribution in [1.29, 1.82) is 0 Å². The molecule has 0 bridgehead atoms. The van der Waals surface area contributed by atoms with Gasteiger partial charge in [-0.2, -0.15) is 0 Å². The fourth-order valence-corrected chi connectivity index (χ4v) is 2.85. The maximum atomic E-state index is 13.2. The van der Waals surface area contributed by atoms with E-state index >= 15 is 0 Å². The van der Waals surface area contributed by atoms with Gasteiger partial charge in [0.1, 0.15) is 5.82 Å². The Morgan fingerprint density at radius 1 is 1.06 bits per heavy atom. The fraction of sp³-hybridized carbons (Fsp3) is 0.0769. The second kappa shape index (κ2) is 5.79. The monoisotopic (exact) mass is 366 g/mol. The third-order valence-corrected chi connectivity index (χ3v) is 4.13. The predicted octanol–water partition coefficient (Wildman–Crippen LogP) is 6.22. The topological polar surface area (TPSA) is 0 Å². The summed E-state index contributed by atoms with van der Waals surface area (Å²) in [6.07, 6.45) is 0. The van der Waals surface area contributed by atoms with E-state index in [4.69, 9.17) is 34.8 Å². The van der Waals surface area contributed by atoms with Gasteiger partial charge >= 0.3 is 0 Å². The van der Waals surface area contributed by atoms with Gasteiger partial charge in [-0.05, 0) is 51.3 Å². The Bertz CT molecular complexity index is 586. The van der Waals surface area contributed by atoms with Gasteiger partial charge in [-0.25, -0.2) is 4.39 Å². The molecule has 0 amide bonds. The Morgan fingerprint density at radius 2 is 1.78 bits per heavy atom. The van der Waals surface area contributed by atoms with Crippen LogP contribution in [-0.4, -0.2) is 0 Å². The second-order valence-corrected chi connectivity index (χ2v) is 5.84. The molecule has 18 heavy (non-hydrogen) atoms. The molecule has 2 aromatic carbocycles. The van der Waals surface area contributed by atoms with E-state index in [0.717, 1.165) is 11.1 Å². The van der Waals surface area contributed by atoms with Gasteiger partial charge in [-0.1, -0.05) is 35.3 Å². The van der Waals surface area contributed by atoms with Crippen LogP contribution < -0.4 is 0 Å². The third-order valence-electron chi connectivity index (χ3n) is 2.47. The maximum absolute atomic E-state index is 13.2. The molecule has 0 radical (unpaired) electrons. The van der Waals surface area contributed by atoms with Crippen molar-refractivity contribution in [1.82, 2.24) is 0 Å². The molecule has 0 saturated heterocycles. The summed E-state index contributed by atoms with van der Waals surface area (Å²) in [4.78, 5) is 0. The lowest BCUT2D eigenvalue weighted by Crippen LogP contribution is -1.95. The van der Waals surface area contributed by atoms with E-state index in [2.05, 4.69) is 15.9 Å². The van der Waals surface area contributed by atoms with Gasteiger partial charge in [0.2, 0.25) is 0 Å². The number of hydrogen-bond donors (Lipinski definition) is 0. The minimum Gasteiger partial charge on any atom is -0.206 e. The van der Waals surface area contributed by atoms with Gasteiger partial charge in [0.15, 0.2) is 0 Å². The van der Waals surface area contributed by atoms with E-state index in [1.165, 1.54) is 6.07 Å². The van der Waals surface area contributed by atoms with E-state index in [1.807, 2.05) is 0 Å². The highest BCUT2D eigenvalue weighted by atomic mass is 79.9. The quantitative estimate of drug-likeness (QED) is 0.552. The molecule has 0 aliphatic carbocycles. The van der Waals surface area contributed by atoms with Crippen molar-refractivity contribution in [3.8, 4) is 0 Å². The van der Waals surface area contributed by atoms with Crippen molar-refractivity contribution in [2.75, 3.05) is 0 Å². The van der Waals surface area contributed by atoms with Crippen LogP contribution in [0.1, 0.15) is 16.5 Å². The van der Waals surface area contributed by atoms with E-state index in [9.17, 15) is 4.39 Å². The zero-order chi connectivity index (χ0) is 13.3. The summed E-state index contributed by atoms with van der Waals surface area (Å²) in [5.41, 5.74) is 1.50. The SMILES string of the molecule is Fc1ccc(C(Cl)c2ccc(Cl)cc2Cl)cc1Br. The molecule has 0 nitrogen and oxygen atoms in total. The van der Waals surface area contributed by atoms with Gasteiger partial charge in [-0.3, -0.25) is 0 Å². The highest BCUT2D eigenvalue weighted by Gasteiger charge is 2.15. The average Bonchev–Trinajstić information content (AvgIpc) is 2.32. The van der Waals surface area contributed by atoms with Crippen LogP contribution in [0.15, 0.2) is 40.9 Å². The third kappa shape index (κ3) is 3.00. The molecule has 94 valence electrons. The van der Waals surface area contributed by atoms with Crippen LogP contribution in [-0.2, 0) is 0 Å². The van der Waals surface area contributed by atoms with Gasteiger partial charge in [0.25, 0.3) is 0 Å². The molecule has 1 atom stereocenters. The predicted molar refractivity (Wildman–Crippen MR) is 78.3 cm³/mol. The smallest absolute Gasteiger partial charge is 0.137 e. The second-order valence-electron chi connectivity index (χ2n) is 3.70. The Labute approximate surface area is 128 Å². The number of halogens is 5. The van der Waals surface area contributed by atoms with E-state index in [1.54, 1.807) is 30.3 Å². The molecular weight excluding hydrogens is 361 g/mol. The summed E-state index contributed by atoms with van der Waals surface area (Å²) >= 11 is 21.4. The van der Waals surface area contributed by atoms with Crippen LogP contribution in [0, 0.1) is 5.82 Å². The number of rotatable bonds is 2. The first-order chi connectivity index (χ1) is 8.49. The summed E-state index contributed by atoms with van der Waals surface area (Å²) in [7, 11) is 0. The lowest BCUT2D eigenvalue weighted by molar-refractivity contribution is 0.620. The summed E-state index contributed by atoms with van der Waals surface area (Å²) in [6, 6.07) is 9.74. The molecule has 0 aromatic heterocycles. The van der Waals surface area contributed by atoms with Gasteiger partial charge < -0.3 is 0 Å². The van der Waals surface area contributed by atoms with Gasteiger partial charge in [-0.15, -0.1) is 11.6 Å². The zero-order valence-electron chi connectivity index (χ0n) is 8.93. The first-order valence-electron chi connectivity index (χ1n) is 5.03. The van der Waals surface area contributed by atoms with Crippen molar-refractivity contribution < 1.29 is 4.39 Å². The van der Waals surface area contributed by atoms with E-state index < -0.39 is 5.38 Å². The molecule has 0 saturated carbocycles. The number of alkyl halides is 1. The van der Waals surface area contributed by atoms with Crippen LogP contribution in [0.3, 0.4) is 0 Å². The molecule has 2 aromatic rings. The summed E-state index contributed by atoms with van der Waals surface area (Å²) in [5.74, 6) is -0.329. The van der Waals surface area contributed by atoms with Crippen LogP contribution in [0.2, 0.25) is 10.0 Å². The highest BCUT2D eigenvalue weighted by molar-refractivity contribution is 9.10. The Balaban J connectivity index is 2.41. The summed E-state index contributed by atoms with van der Waals surface area (Å²) < 4.78 is 13.5. The molecule has 0 fully saturated rings. The normalized spacial score (nSPS) is 12.5. The summed E-state index contributed by atoms with van der Waals surface area (Å²) in [5, 5.41) is 0.586. The maximum Gasteiger partial charge on any atom is 0.137 e. The fourth-order valence-electron chi connectivity index (χ4n) is 1.56. The first kappa shape index (κ1) is 14.1. The largest absolute Gasteiger partial charge is 0.206 e. The standard InChI is InChI=1S/C13H7BrCl3F/c14-10-5-7(1-4-12(10)18)13(17)9-3-2-8(15)6-11(9)16/h1-6,13H. The zero-order valence-corrected chi connectivity index (χ0v) is 12.8. The van der Waals surface area contributed by atoms with Crippen molar-refractivity contribution in [2.24, 2.45) is 0 Å². The molecule has 2 rings (SSSR count). The Kier molecular flexibility index (Phi) is 4.54. The number of benzene rings is 2. The highest BCUT2D eigenvalue weighted by Crippen LogP contribution is 2.36. The van der Waals surface area contributed by atoms with Crippen molar-refractivity contribution in [3.63, 3.8) is 0 Å². The van der Waals surface area contributed by atoms with Crippen LogP contribution in [0.25, 0.3) is 0 Å². The van der Waals surface area contributed by atoms with Gasteiger partial charge in [0.05, 0.1) is 9.85 Å². The molecule has 0 aliphatic rings. The molecular formula is C13H7BrCl3F. The minimum absolute atomic E-state index is 0.329. The summed E-state index contributed by atoms with van der Waals surface area (Å²) in [6.45, 7) is 0. The van der Waals surface area contributed by atoms with Gasteiger partial charge in [0, 0.05) is 10.0 Å². The Morgan fingerprint density at radius 3 is 2.39 bits per heavy atom. The van der Waals surface area contributed by atoms with Crippen LogP contribution >= 0.6 is 50.7 Å². The molecule has 0 N–H and O–H groups in total.